The summed E-state index contributed by atoms with van der Waals surface area (Å²) < 4.78 is 18.3. The first kappa shape index (κ1) is 19.3. The Morgan fingerprint density at radius 2 is 1.50 bits per heavy atom. The van der Waals surface area contributed by atoms with E-state index in [9.17, 15) is 9.18 Å². The number of hydrogen-bond acceptors (Lipinski definition) is 3. The first-order valence-electron chi connectivity index (χ1n) is 9.41. The van der Waals surface area contributed by atoms with E-state index in [4.69, 9.17) is 9.72 Å². The summed E-state index contributed by atoms with van der Waals surface area (Å²) >= 11 is 0. The van der Waals surface area contributed by atoms with Crippen LogP contribution in [0.3, 0.4) is 0 Å². The van der Waals surface area contributed by atoms with Gasteiger partial charge in [0.05, 0.1) is 18.5 Å². The van der Waals surface area contributed by atoms with E-state index in [0.717, 1.165) is 28.3 Å². The largest absolute Gasteiger partial charge is 0.497 e. The SMILES string of the molecule is COc1ccc(-c2cccc(-c3cccc(NC(=O)c4ccc(F)cc4)c3)n2)cc1. The fourth-order valence-electron chi connectivity index (χ4n) is 3.08. The summed E-state index contributed by atoms with van der Waals surface area (Å²) in [5, 5.41) is 2.84. The van der Waals surface area contributed by atoms with Gasteiger partial charge in [0, 0.05) is 22.4 Å². The van der Waals surface area contributed by atoms with Gasteiger partial charge in [-0.2, -0.15) is 0 Å². The molecule has 0 atom stereocenters. The zero-order valence-electron chi connectivity index (χ0n) is 16.3. The predicted octanol–water partition coefficient (Wildman–Crippen LogP) is 5.82. The maximum atomic E-state index is 13.1. The standard InChI is InChI=1S/C25H19FN2O2/c1-30-22-14-10-17(11-15-22)23-6-3-7-24(28-23)19-4-2-5-21(16-19)27-25(29)18-8-12-20(26)13-9-18/h2-16H,1H3,(H,27,29). The lowest BCUT2D eigenvalue weighted by Gasteiger charge is -2.09. The second-order valence-corrected chi connectivity index (χ2v) is 6.68. The molecule has 0 fully saturated rings. The van der Waals surface area contributed by atoms with Crippen molar-refractivity contribution in [3.8, 4) is 28.3 Å². The Kier molecular flexibility index (Phi) is 5.52. The van der Waals surface area contributed by atoms with Gasteiger partial charge in [0.1, 0.15) is 11.6 Å². The molecule has 1 heterocycles. The fourth-order valence-corrected chi connectivity index (χ4v) is 3.08. The first-order chi connectivity index (χ1) is 14.6. The molecule has 148 valence electrons. The Bertz CT molecular complexity index is 1170. The monoisotopic (exact) mass is 398 g/mol. The van der Waals surface area contributed by atoms with Gasteiger partial charge in [0.2, 0.25) is 0 Å². The van der Waals surface area contributed by atoms with E-state index in [1.165, 1.54) is 24.3 Å². The molecule has 0 radical (unpaired) electrons. The van der Waals surface area contributed by atoms with Gasteiger partial charge in [-0.15, -0.1) is 0 Å². The maximum Gasteiger partial charge on any atom is 0.255 e. The predicted molar refractivity (Wildman–Crippen MR) is 116 cm³/mol. The second kappa shape index (κ2) is 8.57. The molecule has 0 spiro atoms. The van der Waals surface area contributed by atoms with E-state index in [1.54, 1.807) is 13.2 Å². The third kappa shape index (κ3) is 4.36. The number of benzene rings is 3. The average Bonchev–Trinajstić information content (AvgIpc) is 2.80. The highest BCUT2D eigenvalue weighted by molar-refractivity contribution is 6.04. The normalized spacial score (nSPS) is 10.5. The van der Waals surface area contributed by atoms with E-state index in [-0.39, 0.29) is 11.7 Å². The van der Waals surface area contributed by atoms with Crippen LogP contribution in [0.4, 0.5) is 10.1 Å². The number of amides is 1. The zero-order valence-corrected chi connectivity index (χ0v) is 16.3. The van der Waals surface area contributed by atoms with Crippen LogP contribution >= 0.6 is 0 Å². The summed E-state index contributed by atoms with van der Waals surface area (Å²) in [5.74, 6) is 0.114. The molecule has 1 aromatic heterocycles. The van der Waals surface area contributed by atoms with Crippen LogP contribution in [0.5, 0.6) is 5.75 Å². The van der Waals surface area contributed by atoms with Crippen molar-refractivity contribution in [3.63, 3.8) is 0 Å². The number of rotatable bonds is 5. The summed E-state index contributed by atoms with van der Waals surface area (Å²) in [4.78, 5) is 17.2. The van der Waals surface area contributed by atoms with Gasteiger partial charge in [0.15, 0.2) is 0 Å². The van der Waals surface area contributed by atoms with Gasteiger partial charge in [-0.05, 0) is 72.8 Å². The summed E-state index contributed by atoms with van der Waals surface area (Å²) in [7, 11) is 1.63. The summed E-state index contributed by atoms with van der Waals surface area (Å²) in [6.07, 6.45) is 0. The minimum Gasteiger partial charge on any atom is -0.497 e. The van der Waals surface area contributed by atoms with Crippen molar-refractivity contribution >= 4 is 11.6 Å². The Hall–Kier alpha value is -3.99. The Balaban J connectivity index is 1.57. The molecule has 0 saturated carbocycles. The number of anilines is 1. The molecule has 30 heavy (non-hydrogen) atoms. The van der Waals surface area contributed by atoms with E-state index in [0.29, 0.717) is 11.3 Å². The average molecular weight is 398 g/mol. The summed E-state index contributed by atoms with van der Waals surface area (Å²) in [6.45, 7) is 0. The summed E-state index contributed by atoms with van der Waals surface area (Å²) in [6, 6.07) is 26.4. The highest BCUT2D eigenvalue weighted by Crippen LogP contribution is 2.26. The number of nitrogens with one attached hydrogen (secondary N) is 1. The number of pyridine rings is 1. The summed E-state index contributed by atoms with van der Waals surface area (Å²) in [5.41, 5.74) is 4.53. The number of nitrogens with zero attached hydrogens (tertiary/aromatic N) is 1. The Morgan fingerprint density at radius 3 is 2.20 bits per heavy atom. The number of carbonyl (C=O) groups excluding carboxylic acids is 1. The minimum atomic E-state index is -0.378. The van der Waals surface area contributed by atoms with Crippen molar-refractivity contribution in [1.29, 1.82) is 0 Å². The first-order valence-corrected chi connectivity index (χ1v) is 9.41. The lowest BCUT2D eigenvalue weighted by molar-refractivity contribution is 0.102. The van der Waals surface area contributed by atoms with Crippen molar-refractivity contribution in [2.45, 2.75) is 0 Å². The lowest BCUT2D eigenvalue weighted by Crippen LogP contribution is -2.11. The molecule has 1 amide bonds. The van der Waals surface area contributed by atoms with Crippen LogP contribution in [0.2, 0.25) is 0 Å². The topological polar surface area (TPSA) is 51.2 Å². The molecule has 4 nitrogen and oxygen atoms in total. The van der Waals surface area contributed by atoms with Gasteiger partial charge < -0.3 is 10.1 Å². The van der Waals surface area contributed by atoms with Gasteiger partial charge >= 0.3 is 0 Å². The molecule has 0 aliphatic rings. The van der Waals surface area contributed by atoms with Crippen molar-refractivity contribution in [3.05, 3.63) is 102 Å². The second-order valence-electron chi connectivity index (χ2n) is 6.68. The van der Waals surface area contributed by atoms with Crippen LogP contribution in [0.1, 0.15) is 10.4 Å². The molecule has 1 N–H and O–H groups in total. The van der Waals surface area contributed by atoms with Crippen LogP contribution in [0.15, 0.2) is 91.0 Å². The quantitative estimate of drug-likeness (QED) is 0.461. The number of methoxy groups -OCH3 is 1. The van der Waals surface area contributed by atoms with Crippen LogP contribution in [-0.4, -0.2) is 18.0 Å². The van der Waals surface area contributed by atoms with E-state index in [1.807, 2.05) is 60.7 Å². The molecule has 0 bridgehead atoms. The van der Waals surface area contributed by atoms with Crippen molar-refractivity contribution in [2.24, 2.45) is 0 Å². The van der Waals surface area contributed by atoms with Crippen molar-refractivity contribution in [2.75, 3.05) is 12.4 Å². The highest BCUT2D eigenvalue weighted by Gasteiger charge is 2.08. The number of hydrogen-bond donors (Lipinski definition) is 1. The van der Waals surface area contributed by atoms with E-state index in [2.05, 4.69) is 5.32 Å². The number of carbonyl (C=O) groups is 1. The van der Waals surface area contributed by atoms with Crippen LogP contribution < -0.4 is 10.1 Å². The zero-order chi connectivity index (χ0) is 20.9. The molecule has 0 unspecified atom stereocenters. The Morgan fingerprint density at radius 1 is 0.833 bits per heavy atom. The smallest absolute Gasteiger partial charge is 0.255 e. The molecular formula is C25H19FN2O2. The maximum absolute atomic E-state index is 13.1. The van der Waals surface area contributed by atoms with Crippen molar-refractivity contribution < 1.29 is 13.9 Å². The molecule has 3 aromatic carbocycles. The van der Waals surface area contributed by atoms with E-state index < -0.39 is 0 Å². The van der Waals surface area contributed by atoms with Gasteiger partial charge in [0.25, 0.3) is 5.91 Å². The van der Waals surface area contributed by atoms with Crippen LogP contribution in [-0.2, 0) is 0 Å². The van der Waals surface area contributed by atoms with Gasteiger partial charge in [-0.3, -0.25) is 4.79 Å². The molecule has 0 aliphatic carbocycles. The van der Waals surface area contributed by atoms with E-state index >= 15 is 0 Å². The van der Waals surface area contributed by atoms with Crippen LogP contribution in [0, 0.1) is 5.82 Å². The number of halogens is 1. The Labute approximate surface area is 174 Å². The third-order valence-corrected chi connectivity index (χ3v) is 4.66. The molecular weight excluding hydrogens is 379 g/mol. The van der Waals surface area contributed by atoms with Gasteiger partial charge in [-0.25, -0.2) is 9.37 Å². The number of aromatic nitrogens is 1. The van der Waals surface area contributed by atoms with Crippen LogP contribution in [0.25, 0.3) is 22.5 Å². The highest BCUT2D eigenvalue weighted by atomic mass is 19.1. The molecule has 4 rings (SSSR count). The number of ether oxygens (including phenoxy) is 1. The molecule has 0 saturated heterocycles. The fraction of sp³-hybridized carbons (Fsp3) is 0.0400. The molecule has 0 aliphatic heterocycles. The van der Waals surface area contributed by atoms with Gasteiger partial charge in [-0.1, -0.05) is 18.2 Å². The third-order valence-electron chi connectivity index (χ3n) is 4.66. The lowest BCUT2D eigenvalue weighted by atomic mass is 10.1. The molecule has 4 aromatic rings. The molecule has 5 heteroatoms. The minimum absolute atomic E-state index is 0.299. The van der Waals surface area contributed by atoms with Crippen molar-refractivity contribution in [1.82, 2.24) is 4.98 Å².